The van der Waals surface area contributed by atoms with Gasteiger partial charge in [-0.25, -0.2) is 8.78 Å². The lowest BCUT2D eigenvalue weighted by atomic mass is 10.2. The topological polar surface area (TPSA) is 26.3 Å². The summed E-state index contributed by atoms with van der Waals surface area (Å²) in [7, 11) is 0. The fraction of sp³-hybridized carbons (Fsp3) is 0. The van der Waals surface area contributed by atoms with Crippen LogP contribution in [0.15, 0.2) is 36.4 Å². The van der Waals surface area contributed by atoms with Gasteiger partial charge in [-0.15, -0.1) is 0 Å². The van der Waals surface area contributed by atoms with Crippen molar-refractivity contribution >= 4 is 17.9 Å². The van der Waals surface area contributed by atoms with E-state index in [2.05, 4.69) is 0 Å². The summed E-state index contributed by atoms with van der Waals surface area (Å²) in [6, 6.07) is 7.78. The van der Waals surface area contributed by atoms with Crippen LogP contribution in [0.5, 0.6) is 11.5 Å². The lowest BCUT2D eigenvalue weighted by molar-refractivity contribution is 0.112. The summed E-state index contributed by atoms with van der Waals surface area (Å²) in [5.74, 6) is -1.85. The molecule has 2 aromatic rings. The van der Waals surface area contributed by atoms with Gasteiger partial charge < -0.3 is 4.74 Å². The number of carbonyl (C=O) groups is 1. The van der Waals surface area contributed by atoms with Gasteiger partial charge in [0.05, 0.1) is 5.56 Å². The summed E-state index contributed by atoms with van der Waals surface area (Å²) < 4.78 is 31.7. The van der Waals surface area contributed by atoms with E-state index in [1.807, 2.05) is 0 Å². The fourth-order valence-corrected chi connectivity index (χ4v) is 1.60. The zero-order chi connectivity index (χ0) is 13.1. The molecule has 0 aromatic heterocycles. The zero-order valence-electron chi connectivity index (χ0n) is 8.99. The lowest BCUT2D eigenvalue weighted by Crippen LogP contribution is -1.96. The Morgan fingerprint density at radius 2 is 1.94 bits per heavy atom. The molecule has 92 valence electrons. The Kier molecular flexibility index (Phi) is 3.58. The van der Waals surface area contributed by atoms with E-state index in [0.717, 1.165) is 6.07 Å². The highest BCUT2D eigenvalue weighted by Crippen LogP contribution is 2.29. The molecule has 0 unspecified atom stereocenters. The average molecular weight is 269 g/mol. The van der Waals surface area contributed by atoms with Crippen molar-refractivity contribution in [2.24, 2.45) is 0 Å². The minimum absolute atomic E-state index is 0.201. The molecule has 0 spiro atoms. The standard InChI is InChI=1S/C13H7ClF2O2/c14-9-2-1-3-11(5-9)18-13-8(7-17)4-10(15)6-12(13)16/h1-7H. The zero-order valence-corrected chi connectivity index (χ0v) is 9.75. The van der Waals surface area contributed by atoms with Crippen LogP contribution in [0, 0.1) is 11.6 Å². The van der Waals surface area contributed by atoms with Gasteiger partial charge in [0.1, 0.15) is 11.6 Å². The van der Waals surface area contributed by atoms with E-state index in [1.54, 1.807) is 18.2 Å². The van der Waals surface area contributed by atoms with Crippen molar-refractivity contribution in [3.8, 4) is 11.5 Å². The summed E-state index contributed by atoms with van der Waals surface area (Å²) in [6.45, 7) is 0. The van der Waals surface area contributed by atoms with Crippen molar-refractivity contribution < 1.29 is 18.3 Å². The third kappa shape index (κ3) is 2.65. The van der Waals surface area contributed by atoms with Crippen LogP contribution < -0.4 is 4.74 Å². The molecular weight excluding hydrogens is 262 g/mol. The van der Waals surface area contributed by atoms with Crippen molar-refractivity contribution in [3.63, 3.8) is 0 Å². The maximum Gasteiger partial charge on any atom is 0.173 e. The van der Waals surface area contributed by atoms with Crippen molar-refractivity contribution in [2.45, 2.75) is 0 Å². The molecule has 0 radical (unpaired) electrons. The first-order valence-corrected chi connectivity index (χ1v) is 5.35. The minimum atomic E-state index is -0.947. The number of carbonyl (C=O) groups excluding carboxylic acids is 1. The van der Waals surface area contributed by atoms with E-state index in [9.17, 15) is 13.6 Å². The molecule has 0 aliphatic heterocycles. The maximum absolute atomic E-state index is 13.5. The molecule has 5 heteroatoms. The summed E-state index contributed by atoms with van der Waals surface area (Å²) >= 11 is 5.75. The predicted molar refractivity (Wildman–Crippen MR) is 63.3 cm³/mol. The molecule has 0 fully saturated rings. The molecule has 0 saturated heterocycles. The number of ether oxygens (including phenoxy) is 1. The van der Waals surface area contributed by atoms with Crippen LogP contribution in [0.1, 0.15) is 10.4 Å². The Morgan fingerprint density at radius 3 is 2.61 bits per heavy atom. The summed E-state index contributed by atoms with van der Waals surface area (Å²) in [4.78, 5) is 10.7. The average Bonchev–Trinajstić information content (AvgIpc) is 2.32. The molecule has 0 bridgehead atoms. The second-order valence-corrected chi connectivity index (χ2v) is 3.92. The monoisotopic (exact) mass is 268 g/mol. The van der Waals surface area contributed by atoms with Crippen molar-refractivity contribution in [1.29, 1.82) is 0 Å². The Balaban J connectivity index is 2.42. The van der Waals surface area contributed by atoms with Gasteiger partial charge in [-0.2, -0.15) is 0 Å². The Hall–Kier alpha value is -1.94. The van der Waals surface area contributed by atoms with Crippen molar-refractivity contribution in [1.82, 2.24) is 0 Å². The van der Waals surface area contributed by atoms with E-state index >= 15 is 0 Å². The number of aldehydes is 1. The van der Waals surface area contributed by atoms with E-state index in [0.29, 0.717) is 17.4 Å². The third-order valence-corrected chi connectivity index (χ3v) is 2.42. The van der Waals surface area contributed by atoms with Crippen LogP contribution in [0.3, 0.4) is 0 Å². The van der Waals surface area contributed by atoms with Gasteiger partial charge in [-0.1, -0.05) is 17.7 Å². The molecule has 0 atom stereocenters. The molecule has 0 N–H and O–H groups in total. The summed E-state index contributed by atoms with van der Waals surface area (Å²) in [5.41, 5.74) is -0.201. The SMILES string of the molecule is O=Cc1cc(F)cc(F)c1Oc1cccc(Cl)c1. The highest BCUT2D eigenvalue weighted by molar-refractivity contribution is 6.30. The Bertz CT molecular complexity index is 600. The van der Waals surface area contributed by atoms with Crippen molar-refractivity contribution in [2.75, 3.05) is 0 Å². The first kappa shape index (κ1) is 12.5. The van der Waals surface area contributed by atoms with Crippen LogP contribution in [-0.4, -0.2) is 6.29 Å². The van der Waals surface area contributed by atoms with E-state index in [4.69, 9.17) is 16.3 Å². The summed E-state index contributed by atoms with van der Waals surface area (Å²) in [6.07, 6.45) is 0.325. The molecule has 2 aromatic carbocycles. The first-order chi connectivity index (χ1) is 8.60. The molecule has 2 rings (SSSR count). The fourth-order valence-electron chi connectivity index (χ4n) is 1.42. The van der Waals surface area contributed by atoms with Crippen LogP contribution in [0.4, 0.5) is 8.78 Å². The number of halogens is 3. The predicted octanol–water partition coefficient (Wildman–Crippen LogP) is 4.22. The van der Waals surface area contributed by atoms with Crippen LogP contribution >= 0.6 is 11.6 Å². The van der Waals surface area contributed by atoms with Gasteiger partial charge in [0.25, 0.3) is 0 Å². The van der Waals surface area contributed by atoms with E-state index in [1.165, 1.54) is 6.07 Å². The molecule has 0 saturated carbocycles. The van der Waals surface area contributed by atoms with Gasteiger partial charge in [0.2, 0.25) is 0 Å². The van der Waals surface area contributed by atoms with Crippen LogP contribution in [0.2, 0.25) is 5.02 Å². The normalized spacial score (nSPS) is 10.2. The molecule has 2 nitrogen and oxygen atoms in total. The quantitative estimate of drug-likeness (QED) is 0.779. The maximum atomic E-state index is 13.5. The van der Waals surface area contributed by atoms with Gasteiger partial charge in [-0.05, 0) is 24.3 Å². The second kappa shape index (κ2) is 5.14. The Morgan fingerprint density at radius 1 is 1.17 bits per heavy atom. The molecular formula is C13H7ClF2O2. The highest BCUT2D eigenvalue weighted by Gasteiger charge is 2.13. The number of hydrogen-bond donors (Lipinski definition) is 0. The molecule has 18 heavy (non-hydrogen) atoms. The lowest BCUT2D eigenvalue weighted by Gasteiger charge is -2.09. The van der Waals surface area contributed by atoms with E-state index in [-0.39, 0.29) is 17.1 Å². The molecule has 0 aliphatic rings. The largest absolute Gasteiger partial charge is 0.453 e. The molecule has 0 amide bonds. The smallest absolute Gasteiger partial charge is 0.173 e. The van der Waals surface area contributed by atoms with Gasteiger partial charge >= 0.3 is 0 Å². The van der Waals surface area contributed by atoms with Gasteiger partial charge in [0.15, 0.2) is 17.9 Å². The first-order valence-electron chi connectivity index (χ1n) is 4.98. The number of hydrogen-bond acceptors (Lipinski definition) is 2. The number of rotatable bonds is 3. The highest BCUT2D eigenvalue weighted by atomic mass is 35.5. The molecule has 0 heterocycles. The van der Waals surface area contributed by atoms with E-state index < -0.39 is 11.6 Å². The number of benzene rings is 2. The van der Waals surface area contributed by atoms with Crippen LogP contribution in [-0.2, 0) is 0 Å². The van der Waals surface area contributed by atoms with Gasteiger partial charge in [-0.3, -0.25) is 4.79 Å². The van der Waals surface area contributed by atoms with Gasteiger partial charge in [0, 0.05) is 11.1 Å². The molecule has 0 aliphatic carbocycles. The Labute approximate surface area is 107 Å². The second-order valence-electron chi connectivity index (χ2n) is 3.48. The van der Waals surface area contributed by atoms with Crippen molar-refractivity contribution in [3.05, 3.63) is 58.6 Å². The van der Waals surface area contributed by atoms with Crippen LogP contribution in [0.25, 0.3) is 0 Å². The minimum Gasteiger partial charge on any atom is -0.453 e. The summed E-state index contributed by atoms with van der Waals surface area (Å²) in [5, 5.41) is 0.405. The third-order valence-electron chi connectivity index (χ3n) is 2.18.